The summed E-state index contributed by atoms with van der Waals surface area (Å²) in [4.78, 5) is 2.07. The number of nitrogens with zero attached hydrogens (tertiary/aromatic N) is 2. The highest BCUT2D eigenvalue weighted by Crippen LogP contribution is 2.21. The number of thiazole rings is 1. The highest BCUT2D eigenvalue weighted by Gasteiger charge is 2.13. The molecule has 0 saturated carbocycles. The Morgan fingerprint density at radius 2 is 1.83 bits per heavy atom. The molecule has 0 aliphatic carbocycles. The third-order valence-corrected chi connectivity index (χ3v) is 4.70. The van der Waals surface area contributed by atoms with Crippen LogP contribution in [0, 0.1) is 12.3 Å². The Hall–Kier alpha value is -2.09. The van der Waals surface area contributed by atoms with Crippen LogP contribution in [0.2, 0.25) is 0 Å². The maximum Gasteiger partial charge on any atom is 0.263 e. The Morgan fingerprint density at radius 1 is 1.13 bits per heavy atom. The Labute approximate surface area is 151 Å². The van der Waals surface area contributed by atoms with Gasteiger partial charge in [0.25, 0.3) is 5.01 Å². The molecule has 2 nitrogen and oxygen atoms in total. The lowest BCUT2D eigenvalue weighted by molar-refractivity contribution is -0.642. The minimum atomic E-state index is 0. The number of halogens is 1. The van der Waals surface area contributed by atoms with E-state index in [1.165, 1.54) is 15.2 Å². The van der Waals surface area contributed by atoms with Gasteiger partial charge in [0.1, 0.15) is 11.7 Å². The molecular weight excluding hydrogens is 368 g/mol. The molecule has 0 amide bonds. The molecule has 0 radical (unpaired) electrons. The van der Waals surface area contributed by atoms with Gasteiger partial charge in [-0.25, -0.2) is 0 Å². The zero-order valence-corrected chi connectivity index (χ0v) is 15.2. The molecular formula is C19H17BrN2S. The number of aromatic nitrogens is 1. The van der Waals surface area contributed by atoms with Crippen LogP contribution in [0.15, 0.2) is 60.8 Å². The first-order chi connectivity index (χ1) is 10.8. The van der Waals surface area contributed by atoms with Crippen molar-refractivity contribution < 1.29 is 21.5 Å². The predicted molar refractivity (Wildman–Crippen MR) is 94.7 cm³/mol. The van der Waals surface area contributed by atoms with Gasteiger partial charge in [0, 0.05) is 24.0 Å². The summed E-state index contributed by atoms with van der Waals surface area (Å²) in [5.74, 6) is 2.72. The summed E-state index contributed by atoms with van der Waals surface area (Å²) in [6.45, 7) is 0.551. The van der Waals surface area contributed by atoms with Crippen molar-refractivity contribution in [3.63, 3.8) is 0 Å². The summed E-state index contributed by atoms with van der Waals surface area (Å²) in [6.07, 6.45) is 9.67. The number of hydrogen-bond acceptors (Lipinski definition) is 2. The monoisotopic (exact) mass is 384 g/mol. The summed E-state index contributed by atoms with van der Waals surface area (Å²) in [5.41, 5.74) is 2.34. The largest absolute Gasteiger partial charge is 1.00 e. The van der Waals surface area contributed by atoms with E-state index in [0.29, 0.717) is 6.54 Å². The number of benzene rings is 2. The lowest BCUT2D eigenvalue weighted by atomic mass is 10.3. The number of hydrogen-bond donors (Lipinski definition) is 0. The SMILES string of the molecule is C#CCN(/C=C/c1sc2ccccc2[n+]1C)c1ccccc1.[Br-]. The predicted octanol–water partition coefficient (Wildman–Crippen LogP) is 0.840. The van der Waals surface area contributed by atoms with Gasteiger partial charge >= 0.3 is 0 Å². The van der Waals surface area contributed by atoms with Crippen molar-refractivity contribution in [2.75, 3.05) is 11.4 Å². The fraction of sp³-hybridized carbons (Fsp3) is 0.105. The molecule has 0 unspecified atom stereocenters. The van der Waals surface area contributed by atoms with E-state index in [9.17, 15) is 0 Å². The molecule has 0 saturated heterocycles. The highest BCUT2D eigenvalue weighted by molar-refractivity contribution is 7.18. The van der Waals surface area contributed by atoms with Crippen molar-refractivity contribution in [1.29, 1.82) is 0 Å². The second kappa shape index (κ2) is 7.96. The lowest BCUT2D eigenvalue weighted by Gasteiger charge is -2.16. The average Bonchev–Trinajstić information content (AvgIpc) is 2.89. The van der Waals surface area contributed by atoms with E-state index < -0.39 is 0 Å². The number of para-hydroxylation sites is 2. The van der Waals surface area contributed by atoms with Crippen LogP contribution >= 0.6 is 11.3 Å². The Bertz CT molecular complexity index is 847. The van der Waals surface area contributed by atoms with E-state index in [0.717, 1.165) is 5.69 Å². The van der Waals surface area contributed by atoms with Crippen molar-refractivity contribution in [2.45, 2.75) is 0 Å². The van der Waals surface area contributed by atoms with Gasteiger partial charge in [-0.15, -0.1) is 6.42 Å². The molecule has 0 spiro atoms. The van der Waals surface area contributed by atoms with Gasteiger partial charge in [-0.3, -0.25) is 0 Å². The maximum absolute atomic E-state index is 5.50. The first-order valence-electron chi connectivity index (χ1n) is 7.10. The Kier molecular flexibility index (Phi) is 5.97. The van der Waals surface area contributed by atoms with Crippen LogP contribution in [-0.4, -0.2) is 6.54 Å². The minimum Gasteiger partial charge on any atom is -1.00 e. The van der Waals surface area contributed by atoms with Crippen molar-refractivity contribution in [3.05, 3.63) is 65.8 Å². The van der Waals surface area contributed by atoms with Crippen LogP contribution in [0.1, 0.15) is 5.01 Å². The molecule has 3 rings (SSSR count). The quantitative estimate of drug-likeness (QED) is 0.477. The maximum atomic E-state index is 5.50. The van der Waals surface area contributed by atoms with Gasteiger partial charge < -0.3 is 21.9 Å². The number of aryl methyl sites for hydroxylation is 1. The molecule has 1 aromatic heterocycles. The molecule has 0 aliphatic heterocycles. The fourth-order valence-electron chi connectivity index (χ4n) is 2.37. The molecule has 23 heavy (non-hydrogen) atoms. The molecule has 0 fully saturated rings. The van der Waals surface area contributed by atoms with Gasteiger partial charge in [-0.2, -0.15) is 4.57 Å². The van der Waals surface area contributed by atoms with Gasteiger partial charge in [0.05, 0.1) is 6.54 Å². The first-order valence-corrected chi connectivity index (χ1v) is 7.92. The van der Waals surface area contributed by atoms with Crippen LogP contribution < -0.4 is 26.4 Å². The average molecular weight is 385 g/mol. The molecule has 1 heterocycles. The summed E-state index contributed by atoms with van der Waals surface area (Å²) in [6, 6.07) is 18.6. The van der Waals surface area contributed by atoms with Gasteiger partial charge in [-0.1, -0.05) is 47.6 Å². The molecule has 0 bridgehead atoms. The van der Waals surface area contributed by atoms with E-state index in [4.69, 9.17) is 6.42 Å². The van der Waals surface area contributed by atoms with Crippen molar-refractivity contribution in [1.82, 2.24) is 0 Å². The van der Waals surface area contributed by atoms with Crippen molar-refractivity contribution in [2.24, 2.45) is 7.05 Å². The normalized spacial score (nSPS) is 10.4. The Morgan fingerprint density at radius 3 is 2.52 bits per heavy atom. The van der Waals surface area contributed by atoms with Gasteiger partial charge in [0.15, 0.2) is 0 Å². The standard InChI is InChI=1S/C19H17N2S.BrH/c1-3-14-21(16-9-5-4-6-10-16)15-13-19-20(2)17-11-7-8-12-18(17)22-19;/h1,4-13,15H,14H2,2H3;1H/q+1;/p-1. The third-order valence-electron chi connectivity index (χ3n) is 3.52. The van der Waals surface area contributed by atoms with Crippen LogP contribution in [-0.2, 0) is 7.05 Å². The van der Waals surface area contributed by atoms with Crippen LogP contribution in [0.3, 0.4) is 0 Å². The van der Waals surface area contributed by atoms with Crippen LogP contribution in [0.25, 0.3) is 16.3 Å². The molecule has 4 heteroatoms. The third kappa shape index (κ3) is 3.82. The summed E-state index contributed by atoms with van der Waals surface area (Å²) < 4.78 is 3.49. The zero-order valence-electron chi connectivity index (χ0n) is 12.8. The zero-order chi connectivity index (χ0) is 15.4. The number of anilines is 1. The highest BCUT2D eigenvalue weighted by atomic mass is 79.9. The molecule has 0 N–H and O–H groups in total. The summed E-state index contributed by atoms with van der Waals surface area (Å²) >= 11 is 1.78. The van der Waals surface area contributed by atoms with E-state index in [-0.39, 0.29) is 17.0 Å². The minimum absolute atomic E-state index is 0. The second-order valence-corrected chi connectivity index (χ2v) is 6.01. The fourth-order valence-corrected chi connectivity index (χ4v) is 3.41. The van der Waals surface area contributed by atoms with E-state index >= 15 is 0 Å². The van der Waals surface area contributed by atoms with Crippen molar-refractivity contribution >= 4 is 33.3 Å². The van der Waals surface area contributed by atoms with E-state index in [2.05, 4.69) is 71.1 Å². The van der Waals surface area contributed by atoms with E-state index in [1.54, 1.807) is 11.3 Å². The topological polar surface area (TPSA) is 7.12 Å². The molecule has 0 atom stereocenters. The molecule has 3 aromatic rings. The Balaban J connectivity index is 0.00000192. The molecule has 116 valence electrons. The molecule has 0 aliphatic rings. The van der Waals surface area contributed by atoms with Gasteiger partial charge in [0.2, 0.25) is 5.52 Å². The van der Waals surface area contributed by atoms with E-state index in [1.807, 2.05) is 18.2 Å². The summed E-state index contributed by atoms with van der Waals surface area (Å²) in [7, 11) is 2.09. The number of rotatable bonds is 4. The number of fused-ring (bicyclic) bond motifs is 1. The molecule has 2 aromatic carbocycles. The summed E-state index contributed by atoms with van der Waals surface area (Å²) in [5, 5.41) is 1.19. The lowest BCUT2D eigenvalue weighted by Crippen LogP contribution is -3.00. The second-order valence-electron chi connectivity index (χ2n) is 4.95. The first kappa shape index (κ1) is 17.3. The number of terminal acetylenes is 1. The van der Waals surface area contributed by atoms with Crippen LogP contribution in [0.4, 0.5) is 5.69 Å². The van der Waals surface area contributed by atoms with Crippen LogP contribution in [0.5, 0.6) is 0 Å². The van der Waals surface area contributed by atoms with Gasteiger partial charge in [-0.05, 0) is 18.2 Å². The smallest absolute Gasteiger partial charge is 0.263 e. The van der Waals surface area contributed by atoms with Crippen molar-refractivity contribution in [3.8, 4) is 12.3 Å².